The van der Waals surface area contributed by atoms with Crippen LogP contribution >= 0.6 is 0 Å². The number of amides is 4. The van der Waals surface area contributed by atoms with E-state index in [0.29, 0.717) is 25.1 Å². The quantitative estimate of drug-likeness (QED) is 0.818. The van der Waals surface area contributed by atoms with Gasteiger partial charge in [-0.15, -0.1) is 0 Å². The lowest BCUT2D eigenvalue weighted by Gasteiger charge is -2.33. The average molecular weight is 288 g/mol. The van der Waals surface area contributed by atoms with Crippen molar-refractivity contribution in [3.63, 3.8) is 0 Å². The fourth-order valence-electron chi connectivity index (χ4n) is 2.75. The topological polar surface area (TPSA) is 95.7 Å². The Hall–Kier alpha value is -2.41. The van der Waals surface area contributed by atoms with Crippen LogP contribution in [0.3, 0.4) is 0 Å². The molecule has 3 rings (SSSR count). The smallest absolute Gasteiger partial charge is 0.330 e. The lowest BCUT2D eigenvalue weighted by molar-refractivity contribution is -0.123. The summed E-state index contributed by atoms with van der Waals surface area (Å²) in [7, 11) is 0. The van der Waals surface area contributed by atoms with Gasteiger partial charge in [0.15, 0.2) is 0 Å². The van der Waals surface area contributed by atoms with Crippen molar-refractivity contribution in [2.45, 2.75) is 19.4 Å². The molecule has 2 heterocycles. The minimum atomic E-state index is -0.548. The molecule has 0 unspecified atom stereocenters. The lowest BCUT2D eigenvalue weighted by Crippen LogP contribution is -2.56. The first-order chi connectivity index (χ1) is 10.1. The van der Waals surface area contributed by atoms with E-state index in [1.807, 2.05) is 12.1 Å². The molecule has 0 saturated carbocycles. The summed E-state index contributed by atoms with van der Waals surface area (Å²) in [5.74, 6) is -0.530. The van der Waals surface area contributed by atoms with Gasteiger partial charge in [0.25, 0.3) is 5.91 Å². The second-order valence-corrected chi connectivity index (χ2v) is 5.07. The molecule has 0 aromatic heterocycles. The Labute approximate surface area is 121 Å². The minimum absolute atomic E-state index is 0.196. The highest BCUT2D eigenvalue weighted by Crippen LogP contribution is 2.28. The van der Waals surface area contributed by atoms with E-state index in [0.717, 1.165) is 11.1 Å². The zero-order chi connectivity index (χ0) is 15.0. The Morgan fingerprint density at radius 3 is 2.71 bits per heavy atom. The van der Waals surface area contributed by atoms with Gasteiger partial charge in [-0.3, -0.25) is 14.9 Å². The molecule has 3 N–H and O–H groups in total. The average Bonchev–Trinajstić information content (AvgIpc) is 2.78. The van der Waals surface area contributed by atoms with Crippen molar-refractivity contribution in [3.8, 4) is 0 Å². The van der Waals surface area contributed by atoms with Gasteiger partial charge in [-0.2, -0.15) is 0 Å². The highest BCUT2D eigenvalue weighted by Gasteiger charge is 2.37. The van der Waals surface area contributed by atoms with Gasteiger partial charge in [-0.05, 0) is 30.2 Å². The monoisotopic (exact) mass is 288 g/mol. The number of urea groups is 1. The molecule has 7 heteroatoms. The highest BCUT2D eigenvalue weighted by molar-refractivity contribution is 6.02. The van der Waals surface area contributed by atoms with Crippen LogP contribution in [0.2, 0.25) is 0 Å². The largest absolute Gasteiger partial charge is 0.342 e. The summed E-state index contributed by atoms with van der Waals surface area (Å²) in [4.78, 5) is 35.5. The van der Waals surface area contributed by atoms with E-state index in [1.54, 1.807) is 6.07 Å². The van der Waals surface area contributed by atoms with E-state index in [1.165, 1.54) is 10.0 Å². The van der Waals surface area contributed by atoms with Crippen LogP contribution in [0.15, 0.2) is 18.2 Å². The number of benzene rings is 1. The SMILES string of the molecule is NCCc1cccc2c1CN(N1CCC(=O)NC1=O)C2=O. The number of nitrogens with zero attached hydrogens (tertiary/aromatic N) is 2. The molecule has 21 heavy (non-hydrogen) atoms. The van der Waals surface area contributed by atoms with E-state index in [4.69, 9.17) is 5.73 Å². The molecule has 1 saturated heterocycles. The summed E-state index contributed by atoms with van der Waals surface area (Å²) >= 11 is 0. The summed E-state index contributed by atoms with van der Waals surface area (Å²) in [6, 6.07) is 4.98. The lowest BCUT2D eigenvalue weighted by atomic mass is 10.0. The first-order valence-corrected chi connectivity index (χ1v) is 6.85. The van der Waals surface area contributed by atoms with E-state index in [9.17, 15) is 14.4 Å². The number of hydrogen-bond acceptors (Lipinski definition) is 4. The summed E-state index contributed by atoms with van der Waals surface area (Å²) in [5, 5.41) is 4.92. The summed E-state index contributed by atoms with van der Waals surface area (Å²) in [6.07, 6.45) is 0.885. The predicted molar refractivity (Wildman–Crippen MR) is 73.9 cm³/mol. The highest BCUT2D eigenvalue weighted by atomic mass is 16.2. The normalized spacial score (nSPS) is 18.0. The van der Waals surface area contributed by atoms with Gasteiger partial charge in [0.1, 0.15) is 0 Å². The molecule has 0 spiro atoms. The Bertz CT molecular complexity index is 629. The number of fused-ring (bicyclic) bond motifs is 1. The Kier molecular flexibility index (Phi) is 3.34. The van der Waals surface area contributed by atoms with Gasteiger partial charge in [-0.1, -0.05) is 12.1 Å². The van der Waals surface area contributed by atoms with E-state index < -0.39 is 6.03 Å². The number of nitrogens with two attached hydrogens (primary N) is 1. The number of carbonyl (C=O) groups excluding carboxylic acids is 3. The van der Waals surface area contributed by atoms with Crippen molar-refractivity contribution < 1.29 is 14.4 Å². The molecule has 1 aromatic carbocycles. The third-order valence-electron chi connectivity index (χ3n) is 3.78. The first kappa shape index (κ1) is 13.6. The Morgan fingerprint density at radius 1 is 1.19 bits per heavy atom. The van der Waals surface area contributed by atoms with E-state index in [2.05, 4.69) is 5.32 Å². The summed E-state index contributed by atoms with van der Waals surface area (Å²) in [6.45, 7) is 1.06. The maximum Gasteiger partial charge on any atom is 0.342 e. The fraction of sp³-hybridized carbons (Fsp3) is 0.357. The predicted octanol–water partition coefficient (Wildman–Crippen LogP) is 0.000500. The number of carbonyl (C=O) groups is 3. The molecular weight excluding hydrogens is 272 g/mol. The molecule has 0 aliphatic carbocycles. The van der Waals surface area contributed by atoms with Gasteiger partial charge in [-0.25, -0.2) is 14.8 Å². The van der Waals surface area contributed by atoms with Gasteiger partial charge >= 0.3 is 6.03 Å². The first-order valence-electron chi connectivity index (χ1n) is 6.85. The molecule has 0 radical (unpaired) electrons. The van der Waals surface area contributed by atoms with Crippen LogP contribution < -0.4 is 11.1 Å². The summed E-state index contributed by atoms with van der Waals surface area (Å²) in [5.41, 5.74) is 8.14. The van der Waals surface area contributed by atoms with Crippen LogP contribution in [0.5, 0.6) is 0 Å². The van der Waals surface area contributed by atoms with Gasteiger partial charge in [0.2, 0.25) is 5.91 Å². The van der Waals surface area contributed by atoms with Crippen LogP contribution in [0, 0.1) is 0 Å². The molecule has 2 aliphatic heterocycles. The second-order valence-electron chi connectivity index (χ2n) is 5.07. The van der Waals surface area contributed by atoms with Crippen LogP contribution in [0.4, 0.5) is 4.79 Å². The maximum atomic E-state index is 12.5. The number of nitrogens with one attached hydrogen (secondary N) is 1. The molecule has 1 aromatic rings. The number of rotatable bonds is 3. The zero-order valence-corrected chi connectivity index (χ0v) is 11.5. The molecular formula is C14H16N4O3. The summed E-state index contributed by atoms with van der Waals surface area (Å²) < 4.78 is 0. The number of imide groups is 1. The third-order valence-corrected chi connectivity index (χ3v) is 3.78. The van der Waals surface area contributed by atoms with Crippen LogP contribution in [-0.4, -0.2) is 41.0 Å². The van der Waals surface area contributed by atoms with Crippen LogP contribution in [0.1, 0.15) is 27.9 Å². The van der Waals surface area contributed by atoms with Gasteiger partial charge in [0.05, 0.1) is 13.1 Å². The minimum Gasteiger partial charge on any atom is -0.330 e. The van der Waals surface area contributed by atoms with E-state index in [-0.39, 0.29) is 24.8 Å². The maximum absolute atomic E-state index is 12.5. The zero-order valence-electron chi connectivity index (χ0n) is 11.5. The fourth-order valence-corrected chi connectivity index (χ4v) is 2.75. The molecule has 0 atom stereocenters. The van der Waals surface area contributed by atoms with E-state index >= 15 is 0 Å². The van der Waals surface area contributed by atoms with Crippen LogP contribution in [-0.2, 0) is 17.8 Å². The van der Waals surface area contributed by atoms with Crippen molar-refractivity contribution in [3.05, 3.63) is 34.9 Å². The Morgan fingerprint density at radius 2 is 2.00 bits per heavy atom. The molecule has 110 valence electrons. The molecule has 2 aliphatic rings. The second kappa shape index (κ2) is 5.17. The molecule has 0 bridgehead atoms. The number of hydrogen-bond donors (Lipinski definition) is 2. The van der Waals surface area contributed by atoms with Crippen molar-refractivity contribution in [2.75, 3.05) is 13.1 Å². The standard InChI is InChI=1S/C14H16N4O3/c15-6-4-9-2-1-3-10-11(9)8-18(13(10)20)17-7-5-12(19)16-14(17)21/h1-3H,4-8,15H2,(H,16,19,21). The van der Waals surface area contributed by atoms with Gasteiger partial charge < -0.3 is 5.73 Å². The van der Waals surface area contributed by atoms with Crippen molar-refractivity contribution >= 4 is 17.8 Å². The third kappa shape index (κ3) is 2.25. The molecule has 1 fully saturated rings. The molecule has 7 nitrogen and oxygen atoms in total. The number of hydrazine groups is 1. The van der Waals surface area contributed by atoms with Crippen molar-refractivity contribution in [1.29, 1.82) is 0 Å². The Balaban J connectivity index is 1.88. The molecule has 4 amide bonds. The van der Waals surface area contributed by atoms with Gasteiger partial charge in [0, 0.05) is 12.0 Å². The van der Waals surface area contributed by atoms with Crippen molar-refractivity contribution in [1.82, 2.24) is 15.3 Å². The van der Waals surface area contributed by atoms with Crippen molar-refractivity contribution in [2.24, 2.45) is 5.73 Å². The van der Waals surface area contributed by atoms with Crippen LogP contribution in [0.25, 0.3) is 0 Å².